The predicted molar refractivity (Wildman–Crippen MR) is 163 cm³/mol. The van der Waals surface area contributed by atoms with Gasteiger partial charge in [0, 0.05) is 36.9 Å². The highest BCUT2D eigenvalue weighted by atomic mass is 16.5. The topological polar surface area (TPSA) is 54.4 Å². The molecule has 0 aromatic heterocycles. The number of hydrogen-bond donors (Lipinski definition) is 1. The van der Waals surface area contributed by atoms with Crippen molar-refractivity contribution in [3.8, 4) is 23.0 Å². The van der Waals surface area contributed by atoms with Gasteiger partial charge in [-0.25, -0.2) is 0 Å². The number of nitrogens with zero attached hydrogens (tertiary/aromatic N) is 2. The number of phenolic OH excluding ortho intramolecular Hbond substituents is 1. The molecule has 0 bridgehead atoms. The molecule has 0 unspecified atom stereocenters. The molecule has 0 aliphatic heterocycles. The Bertz CT molecular complexity index is 1270. The summed E-state index contributed by atoms with van der Waals surface area (Å²) >= 11 is 0. The van der Waals surface area contributed by atoms with Gasteiger partial charge in [-0.3, -0.25) is 4.90 Å². The highest BCUT2D eigenvalue weighted by Crippen LogP contribution is 2.43. The third kappa shape index (κ3) is 7.03. The predicted octanol–water partition coefficient (Wildman–Crippen LogP) is 6.82. The molecule has 0 saturated heterocycles. The number of aromatic hydroxyl groups is 1. The molecular weight excluding hydrogens is 500 g/mol. The van der Waals surface area contributed by atoms with Crippen molar-refractivity contribution in [1.29, 1.82) is 0 Å². The molecule has 0 amide bonds. The summed E-state index contributed by atoms with van der Waals surface area (Å²) in [6, 6.07) is 18.5. The molecule has 0 fully saturated rings. The Hall–Kier alpha value is -3.38. The number of likely N-dealkylation sites (N-methyl/N-ethyl adjacent to an activating group) is 1. The van der Waals surface area contributed by atoms with E-state index in [4.69, 9.17) is 14.2 Å². The molecular formula is C34H46N2O4. The van der Waals surface area contributed by atoms with Crippen LogP contribution in [-0.2, 0) is 19.4 Å². The van der Waals surface area contributed by atoms with Crippen LogP contribution in [0.25, 0.3) is 0 Å². The van der Waals surface area contributed by atoms with Crippen LogP contribution in [-0.4, -0.2) is 56.5 Å². The number of fused-ring (bicyclic) bond motifs is 1. The molecule has 216 valence electrons. The van der Waals surface area contributed by atoms with Gasteiger partial charge in [-0.15, -0.1) is 0 Å². The van der Waals surface area contributed by atoms with Gasteiger partial charge < -0.3 is 24.2 Å². The standard InChI is InChI=1S/C34H46N2O4/c1-8-36(23-24-9-15-29(16-10-24)40-18-17-35(5)34(2,3)4)31-22-33(39-7)32(38-6)21-30(31)27-12-11-26-20-28(37)14-13-25(26)19-27/h9-10,13-16,20-22,27,37H,8,11-12,17-19,23H2,1-7H3/t27-/m1/s1. The number of benzene rings is 3. The Kier molecular flexibility index (Phi) is 9.52. The van der Waals surface area contributed by atoms with Crippen LogP contribution < -0.4 is 19.1 Å². The molecule has 0 heterocycles. The largest absolute Gasteiger partial charge is 0.508 e. The molecule has 3 aromatic rings. The molecule has 0 spiro atoms. The van der Waals surface area contributed by atoms with E-state index in [1.807, 2.05) is 6.07 Å². The van der Waals surface area contributed by atoms with E-state index in [0.717, 1.165) is 56.1 Å². The lowest BCUT2D eigenvalue weighted by Crippen LogP contribution is -2.40. The lowest BCUT2D eigenvalue weighted by molar-refractivity contribution is 0.144. The molecule has 3 aromatic carbocycles. The quantitative estimate of drug-likeness (QED) is 0.285. The van der Waals surface area contributed by atoms with Crippen LogP contribution >= 0.6 is 0 Å². The Balaban J connectivity index is 1.54. The highest BCUT2D eigenvalue weighted by Gasteiger charge is 2.26. The number of ether oxygens (including phenoxy) is 3. The molecule has 4 rings (SSSR count). The summed E-state index contributed by atoms with van der Waals surface area (Å²) in [6.45, 7) is 12.0. The molecule has 1 aliphatic carbocycles. The molecule has 1 atom stereocenters. The number of rotatable bonds is 11. The fourth-order valence-corrected chi connectivity index (χ4v) is 5.41. The summed E-state index contributed by atoms with van der Waals surface area (Å²) in [5.41, 5.74) is 6.37. The van der Waals surface area contributed by atoms with Crippen LogP contribution in [0.4, 0.5) is 5.69 Å². The number of methoxy groups -OCH3 is 2. The van der Waals surface area contributed by atoms with Crippen molar-refractivity contribution < 1.29 is 19.3 Å². The van der Waals surface area contributed by atoms with E-state index in [2.05, 4.69) is 87.0 Å². The van der Waals surface area contributed by atoms with Gasteiger partial charge in [-0.05, 0) is 113 Å². The Morgan fingerprint density at radius 2 is 1.62 bits per heavy atom. The van der Waals surface area contributed by atoms with Gasteiger partial charge in [0.1, 0.15) is 18.1 Å². The molecule has 6 heteroatoms. The van der Waals surface area contributed by atoms with Gasteiger partial charge >= 0.3 is 0 Å². The Morgan fingerprint density at radius 3 is 2.27 bits per heavy atom. The molecule has 0 radical (unpaired) electrons. The maximum atomic E-state index is 9.95. The van der Waals surface area contributed by atoms with E-state index >= 15 is 0 Å². The van der Waals surface area contributed by atoms with E-state index in [0.29, 0.717) is 18.3 Å². The lowest BCUT2D eigenvalue weighted by Gasteiger charge is -2.32. The molecule has 40 heavy (non-hydrogen) atoms. The van der Waals surface area contributed by atoms with Crippen LogP contribution in [0.1, 0.15) is 62.3 Å². The van der Waals surface area contributed by atoms with Gasteiger partial charge in [-0.2, -0.15) is 0 Å². The second-order valence-corrected chi connectivity index (χ2v) is 11.8. The Labute approximate surface area is 240 Å². The third-order valence-corrected chi connectivity index (χ3v) is 8.25. The summed E-state index contributed by atoms with van der Waals surface area (Å²) in [5, 5.41) is 9.95. The van der Waals surface area contributed by atoms with Crippen molar-refractivity contribution in [2.75, 3.05) is 45.9 Å². The van der Waals surface area contributed by atoms with Crippen molar-refractivity contribution in [2.45, 2.75) is 65.0 Å². The van der Waals surface area contributed by atoms with E-state index in [-0.39, 0.29) is 5.54 Å². The minimum atomic E-state index is 0.129. The first-order valence-electron chi connectivity index (χ1n) is 14.4. The van der Waals surface area contributed by atoms with Crippen LogP contribution in [0.2, 0.25) is 0 Å². The fraction of sp³-hybridized carbons (Fsp3) is 0.471. The SMILES string of the molecule is CCN(Cc1ccc(OCCN(C)C(C)(C)C)cc1)c1cc(OC)c(OC)cc1[C@@H]1CCc2cc(O)ccc2C1. The summed E-state index contributed by atoms with van der Waals surface area (Å²) < 4.78 is 17.5. The lowest BCUT2D eigenvalue weighted by atomic mass is 9.79. The second kappa shape index (κ2) is 12.9. The summed E-state index contributed by atoms with van der Waals surface area (Å²) in [6.07, 6.45) is 2.90. The van der Waals surface area contributed by atoms with E-state index < -0.39 is 0 Å². The highest BCUT2D eigenvalue weighted by molar-refractivity contribution is 5.64. The third-order valence-electron chi connectivity index (χ3n) is 8.25. The molecule has 1 N–H and O–H groups in total. The first-order valence-corrected chi connectivity index (χ1v) is 14.4. The zero-order valence-corrected chi connectivity index (χ0v) is 25.3. The number of phenols is 1. The Morgan fingerprint density at radius 1 is 0.925 bits per heavy atom. The van der Waals surface area contributed by atoms with E-state index in [1.165, 1.54) is 27.9 Å². The zero-order valence-electron chi connectivity index (χ0n) is 25.3. The maximum Gasteiger partial charge on any atom is 0.162 e. The molecule has 0 saturated carbocycles. The molecule has 1 aliphatic rings. The fourth-order valence-electron chi connectivity index (χ4n) is 5.41. The van der Waals surface area contributed by atoms with Crippen molar-refractivity contribution >= 4 is 5.69 Å². The van der Waals surface area contributed by atoms with Gasteiger partial charge in [0.05, 0.1) is 14.2 Å². The zero-order chi connectivity index (χ0) is 28.9. The first-order chi connectivity index (χ1) is 19.1. The van der Waals surface area contributed by atoms with Gasteiger partial charge in [-0.1, -0.05) is 18.2 Å². The summed E-state index contributed by atoms with van der Waals surface area (Å²) in [5.74, 6) is 3.09. The summed E-state index contributed by atoms with van der Waals surface area (Å²) in [4.78, 5) is 4.72. The number of aryl methyl sites for hydroxylation is 1. The molecule has 6 nitrogen and oxygen atoms in total. The van der Waals surface area contributed by atoms with Crippen LogP contribution in [0, 0.1) is 0 Å². The first kappa shape index (κ1) is 29.6. The number of hydrogen-bond acceptors (Lipinski definition) is 6. The second-order valence-electron chi connectivity index (χ2n) is 11.8. The van der Waals surface area contributed by atoms with Crippen LogP contribution in [0.3, 0.4) is 0 Å². The van der Waals surface area contributed by atoms with Crippen LogP contribution in [0.5, 0.6) is 23.0 Å². The van der Waals surface area contributed by atoms with Crippen molar-refractivity contribution in [3.63, 3.8) is 0 Å². The van der Waals surface area contributed by atoms with Gasteiger partial charge in [0.15, 0.2) is 11.5 Å². The smallest absolute Gasteiger partial charge is 0.162 e. The van der Waals surface area contributed by atoms with E-state index in [1.54, 1.807) is 20.3 Å². The normalized spacial score (nSPS) is 15.1. The number of anilines is 1. The minimum Gasteiger partial charge on any atom is -0.508 e. The minimum absolute atomic E-state index is 0.129. The van der Waals surface area contributed by atoms with Gasteiger partial charge in [0.25, 0.3) is 0 Å². The van der Waals surface area contributed by atoms with Crippen molar-refractivity contribution in [1.82, 2.24) is 4.90 Å². The average molecular weight is 547 g/mol. The van der Waals surface area contributed by atoms with E-state index in [9.17, 15) is 5.11 Å². The average Bonchev–Trinajstić information content (AvgIpc) is 2.95. The summed E-state index contributed by atoms with van der Waals surface area (Å²) in [7, 11) is 5.52. The monoisotopic (exact) mass is 546 g/mol. The van der Waals surface area contributed by atoms with Crippen molar-refractivity contribution in [2.24, 2.45) is 0 Å². The van der Waals surface area contributed by atoms with Crippen LogP contribution in [0.15, 0.2) is 54.6 Å². The van der Waals surface area contributed by atoms with Gasteiger partial charge in [0.2, 0.25) is 0 Å². The maximum absolute atomic E-state index is 9.95. The van der Waals surface area contributed by atoms with Crippen molar-refractivity contribution in [3.05, 3.63) is 76.9 Å².